The van der Waals surface area contributed by atoms with Crippen LogP contribution in [0.2, 0.25) is 0 Å². The summed E-state index contributed by atoms with van der Waals surface area (Å²) < 4.78 is 24.5. The number of piperidine rings is 1. The predicted octanol–water partition coefficient (Wildman–Crippen LogP) is 0.966. The lowest BCUT2D eigenvalue weighted by atomic mass is 9.96. The van der Waals surface area contributed by atoms with Gasteiger partial charge in [-0.1, -0.05) is 17.7 Å². The number of hydrogen-bond donors (Lipinski definition) is 1. The molecule has 1 aliphatic heterocycles. The Morgan fingerprint density at radius 3 is 2.33 bits per heavy atom. The van der Waals surface area contributed by atoms with E-state index in [1.165, 1.54) is 0 Å². The van der Waals surface area contributed by atoms with Crippen LogP contribution in [-0.4, -0.2) is 44.6 Å². The van der Waals surface area contributed by atoms with Gasteiger partial charge < -0.3 is 10.6 Å². The van der Waals surface area contributed by atoms with E-state index in [-0.39, 0.29) is 17.6 Å². The Hall–Kier alpha value is -1.40. The molecular formula is C15H22N2O3S. The molecule has 116 valence electrons. The molecule has 0 unspecified atom stereocenters. The number of primary amides is 1. The highest BCUT2D eigenvalue weighted by Crippen LogP contribution is 2.17. The van der Waals surface area contributed by atoms with E-state index in [0.29, 0.717) is 11.4 Å². The van der Waals surface area contributed by atoms with E-state index in [1.54, 1.807) is 12.1 Å². The quantitative estimate of drug-likeness (QED) is 0.878. The van der Waals surface area contributed by atoms with Crippen molar-refractivity contribution in [1.29, 1.82) is 0 Å². The Labute approximate surface area is 126 Å². The van der Waals surface area contributed by atoms with Crippen molar-refractivity contribution < 1.29 is 13.2 Å². The van der Waals surface area contributed by atoms with Gasteiger partial charge in [-0.25, -0.2) is 8.42 Å². The van der Waals surface area contributed by atoms with E-state index in [4.69, 9.17) is 5.73 Å². The Balaban J connectivity index is 1.88. The van der Waals surface area contributed by atoms with Crippen LogP contribution in [0, 0.1) is 12.8 Å². The molecule has 1 aliphatic rings. The van der Waals surface area contributed by atoms with Crippen molar-refractivity contribution in [3.8, 4) is 0 Å². The third-order valence-corrected chi connectivity index (χ3v) is 5.76. The fourth-order valence-corrected chi connectivity index (χ4v) is 3.84. The first-order valence-electron chi connectivity index (χ1n) is 7.19. The molecule has 1 saturated heterocycles. The first kappa shape index (κ1) is 16.0. The van der Waals surface area contributed by atoms with Crippen LogP contribution < -0.4 is 5.73 Å². The Morgan fingerprint density at radius 1 is 1.24 bits per heavy atom. The predicted molar refractivity (Wildman–Crippen MR) is 81.6 cm³/mol. The molecule has 1 aromatic carbocycles. The fourth-order valence-electron chi connectivity index (χ4n) is 2.55. The molecule has 5 nitrogen and oxygen atoms in total. The molecule has 21 heavy (non-hydrogen) atoms. The number of carbonyl (C=O) groups excluding carboxylic acids is 1. The first-order valence-corrected chi connectivity index (χ1v) is 8.85. The lowest BCUT2D eigenvalue weighted by Gasteiger charge is -2.30. The Morgan fingerprint density at radius 2 is 1.81 bits per heavy atom. The van der Waals surface area contributed by atoms with Crippen LogP contribution in [0.4, 0.5) is 0 Å². The molecule has 0 radical (unpaired) electrons. The molecule has 2 rings (SSSR count). The van der Waals surface area contributed by atoms with E-state index >= 15 is 0 Å². The highest BCUT2D eigenvalue weighted by molar-refractivity contribution is 7.91. The second-order valence-corrected chi connectivity index (χ2v) is 7.76. The second-order valence-electron chi connectivity index (χ2n) is 5.65. The van der Waals surface area contributed by atoms with Crippen LogP contribution in [-0.2, 0) is 14.6 Å². The Kier molecular flexibility index (Phi) is 5.00. The smallest absolute Gasteiger partial charge is 0.220 e. The first-order chi connectivity index (χ1) is 9.88. The summed E-state index contributed by atoms with van der Waals surface area (Å²) in [5, 5.41) is 0. The van der Waals surface area contributed by atoms with Crippen LogP contribution in [0.1, 0.15) is 18.4 Å². The number of carbonyl (C=O) groups is 1. The minimum absolute atomic E-state index is 0.0602. The van der Waals surface area contributed by atoms with Crippen molar-refractivity contribution in [1.82, 2.24) is 4.90 Å². The van der Waals surface area contributed by atoms with Gasteiger partial charge in [0.05, 0.1) is 10.6 Å². The van der Waals surface area contributed by atoms with Crippen LogP contribution in [0.5, 0.6) is 0 Å². The largest absolute Gasteiger partial charge is 0.369 e. The van der Waals surface area contributed by atoms with Crippen LogP contribution >= 0.6 is 0 Å². The number of nitrogens with zero attached hydrogens (tertiary/aromatic N) is 1. The second kappa shape index (κ2) is 6.58. The van der Waals surface area contributed by atoms with Crippen molar-refractivity contribution in [2.75, 3.05) is 25.4 Å². The van der Waals surface area contributed by atoms with Gasteiger partial charge in [0.2, 0.25) is 5.91 Å². The summed E-state index contributed by atoms with van der Waals surface area (Å²) in [5.41, 5.74) is 6.33. The highest BCUT2D eigenvalue weighted by Gasteiger charge is 2.24. The van der Waals surface area contributed by atoms with Crippen molar-refractivity contribution in [2.45, 2.75) is 24.7 Å². The maximum Gasteiger partial charge on any atom is 0.220 e. The average molecular weight is 310 g/mol. The minimum Gasteiger partial charge on any atom is -0.369 e. The van der Waals surface area contributed by atoms with E-state index in [9.17, 15) is 13.2 Å². The summed E-state index contributed by atoms with van der Waals surface area (Å²) in [6.07, 6.45) is 1.44. The molecule has 0 atom stereocenters. The molecule has 6 heteroatoms. The van der Waals surface area contributed by atoms with Gasteiger partial charge in [0.15, 0.2) is 9.84 Å². The average Bonchev–Trinajstić information content (AvgIpc) is 2.46. The topological polar surface area (TPSA) is 80.5 Å². The number of aryl methyl sites for hydroxylation is 1. The van der Waals surface area contributed by atoms with Gasteiger partial charge >= 0.3 is 0 Å². The number of benzene rings is 1. The van der Waals surface area contributed by atoms with Crippen molar-refractivity contribution >= 4 is 15.7 Å². The summed E-state index contributed by atoms with van der Waals surface area (Å²) in [4.78, 5) is 13.6. The molecule has 1 fully saturated rings. The van der Waals surface area contributed by atoms with Gasteiger partial charge in [-0.3, -0.25) is 4.79 Å². The van der Waals surface area contributed by atoms with E-state index < -0.39 is 9.84 Å². The van der Waals surface area contributed by atoms with Crippen LogP contribution in [0.3, 0.4) is 0 Å². The number of nitrogens with two attached hydrogens (primary N) is 1. The standard InChI is InChI=1S/C15H22N2O3S/c1-12-2-4-14(5-3-12)21(19,20)11-10-17-8-6-13(7-9-17)15(16)18/h2-5,13H,6-11H2,1H3,(H2,16,18). The third-order valence-electron chi connectivity index (χ3n) is 4.05. The van der Waals surface area contributed by atoms with E-state index in [1.807, 2.05) is 19.1 Å². The number of rotatable bonds is 5. The van der Waals surface area contributed by atoms with Crippen LogP contribution in [0.25, 0.3) is 0 Å². The number of amides is 1. The lowest BCUT2D eigenvalue weighted by molar-refractivity contribution is -0.123. The van der Waals surface area contributed by atoms with Gasteiger partial charge in [0, 0.05) is 12.5 Å². The number of likely N-dealkylation sites (tertiary alicyclic amines) is 1. The van der Waals surface area contributed by atoms with Crippen molar-refractivity contribution in [3.05, 3.63) is 29.8 Å². The molecule has 0 aliphatic carbocycles. The maximum atomic E-state index is 12.3. The van der Waals surface area contributed by atoms with Crippen LogP contribution in [0.15, 0.2) is 29.2 Å². The number of hydrogen-bond acceptors (Lipinski definition) is 4. The molecule has 1 aromatic rings. The normalized spacial score (nSPS) is 17.8. The number of sulfone groups is 1. The molecule has 0 bridgehead atoms. The maximum absolute atomic E-state index is 12.3. The van der Waals surface area contributed by atoms with E-state index in [0.717, 1.165) is 31.5 Å². The third kappa shape index (κ3) is 4.28. The Bertz CT molecular complexity index is 588. The zero-order valence-electron chi connectivity index (χ0n) is 12.3. The van der Waals surface area contributed by atoms with Gasteiger partial charge in [-0.15, -0.1) is 0 Å². The lowest BCUT2D eigenvalue weighted by Crippen LogP contribution is -2.40. The molecule has 0 saturated carbocycles. The molecule has 1 amide bonds. The fraction of sp³-hybridized carbons (Fsp3) is 0.533. The van der Waals surface area contributed by atoms with Gasteiger partial charge in [-0.2, -0.15) is 0 Å². The zero-order valence-corrected chi connectivity index (χ0v) is 13.1. The zero-order chi connectivity index (χ0) is 15.5. The van der Waals surface area contributed by atoms with Gasteiger partial charge in [-0.05, 0) is 45.0 Å². The summed E-state index contributed by atoms with van der Waals surface area (Å²) in [6, 6.07) is 6.93. The summed E-state index contributed by atoms with van der Waals surface area (Å²) in [6.45, 7) is 3.90. The van der Waals surface area contributed by atoms with E-state index in [2.05, 4.69) is 4.90 Å². The molecule has 2 N–H and O–H groups in total. The summed E-state index contributed by atoms with van der Waals surface area (Å²) in [7, 11) is -3.24. The highest BCUT2D eigenvalue weighted by atomic mass is 32.2. The van der Waals surface area contributed by atoms with Gasteiger partial charge in [0.1, 0.15) is 0 Å². The molecule has 0 spiro atoms. The SMILES string of the molecule is Cc1ccc(S(=O)(=O)CCN2CCC(C(N)=O)CC2)cc1. The monoisotopic (exact) mass is 310 g/mol. The minimum atomic E-state index is -3.24. The van der Waals surface area contributed by atoms with Crippen molar-refractivity contribution in [2.24, 2.45) is 11.7 Å². The summed E-state index contributed by atoms with van der Waals surface area (Å²) in [5.74, 6) is -0.200. The van der Waals surface area contributed by atoms with Crippen molar-refractivity contribution in [3.63, 3.8) is 0 Å². The molecule has 0 aromatic heterocycles. The van der Waals surface area contributed by atoms with Gasteiger partial charge in [0.25, 0.3) is 0 Å². The molecule has 1 heterocycles. The summed E-state index contributed by atoms with van der Waals surface area (Å²) >= 11 is 0. The molecular weight excluding hydrogens is 288 g/mol.